The largest absolute Gasteiger partial charge is 0.390 e. The molecule has 1 aromatic rings. The van der Waals surface area contributed by atoms with Gasteiger partial charge in [-0.2, -0.15) is 0 Å². The molecule has 0 aliphatic rings. The number of thiophene rings is 1. The molecule has 1 heterocycles. The van der Waals surface area contributed by atoms with Crippen molar-refractivity contribution in [2.24, 2.45) is 5.73 Å². The SMILES string of the molecule is NC(=O)c1cc(I)sc1N. The number of nitrogen functional groups attached to an aromatic ring is 1. The molecule has 1 amide bonds. The van der Waals surface area contributed by atoms with E-state index in [1.54, 1.807) is 6.07 Å². The zero-order chi connectivity index (χ0) is 7.72. The first-order valence-electron chi connectivity index (χ1n) is 2.46. The smallest absolute Gasteiger partial charge is 0.251 e. The van der Waals surface area contributed by atoms with Gasteiger partial charge in [0.05, 0.1) is 13.4 Å². The summed E-state index contributed by atoms with van der Waals surface area (Å²) >= 11 is 3.45. The molecule has 10 heavy (non-hydrogen) atoms. The van der Waals surface area contributed by atoms with Crippen LogP contribution in [0.1, 0.15) is 10.4 Å². The third kappa shape index (κ3) is 1.40. The predicted molar refractivity (Wildman–Crippen MR) is 50.0 cm³/mol. The van der Waals surface area contributed by atoms with Crippen molar-refractivity contribution < 1.29 is 4.79 Å². The standard InChI is InChI=1S/C5H5IN2OS/c6-3-1-2(4(7)9)5(8)10-3/h1H,8H2,(H2,7,9). The summed E-state index contributed by atoms with van der Waals surface area (Å²) in [6.45, 7) is 0. The molecule has 0 atom stereocenters. The molecule has 1 aromatic heterocycles. The van der Waals surface area contributed by atoms with Gasteiger partial charge < -0.3 is 11.5 Å². The van der Waals surface area contributed by atoms with Gasteiger partial charge in [0, 0.05) is 0 Å². The van der Waals surface area contributed by atoms with Crippen molar-refractivity contribution in [1.82, 2.24) is 0 Å². The normalized spacial score (nSPS) is 9.70. The van der Waals surface area contributed by atoms with Gasteiger partial charge in [0.25, 0.3) is 5.91 Å². The summed E-state index contributed by atoms with van der Waals surface area (Å²) in [5.41, 5.74) is 10.9. The molecule has 54 valence electrons. The molecule has 0 aromatic carbocycles. The Hall–Kier alpha value is -0.300. The van der Waals surface area contributed by atoms with Gasteiger partial charge in [0.1, 0.15) is 0 Å². The molecule has 0 unspecified atom stereocenters. The second-order valence-electron chi connectivity index (χ2n) is 1.69. The highest BCUT2D eigenvalue weighted by Crippen LogP contribution is 2.25. The average molecular weight is 268 g/mol. The minimum absolute atomic E-state index is 0.425. The second kappa shape index (κ2) is 2.75. The molecule has 0 saturated carbocycles. The molecule has 0 spiro atoms. The highest BCUT2D eigenvalue weighted by Gasteiger charge is 2.08. The molecule has 0 aliphatic carbocycles. The van der Waals surface area contributed by atoms with E-state index in [1.807, 2.05) is 0 Å². The predicted octanol–water partition coefficient (Wildman–Crippen LogP) is 1.03. The fraction of sp³-hybridized carbons (Fsp3) is 0. The molecule has 1 rings (SSSR count). The monoisotopic (exact) mass is 268 g/mol. The first-order chi connectivity index (χ1) is 4.61. The second-order valence-corrected chi connectivity index (χ2v) is 4.67. The zero-order valence-corrected chi connectivity index (χ0v) is 7.90. The number of carbonyl (C=O) groups is 1. The molecule has 0 radical (unpaired) electrons. The van der Waals surface area contributed by atoms with Gasteiger partial charge in [-0.15, -0.1) is 11.3 Å². The summed E-state index contributed by atoms with van der Waals surface area (Å²) in [5, 5.41) is 0.497. The van der Waals surface area contributed by atoms with Crippen LogP contribution in [-0.4, -0.2) is 5.91 Å². The third-order valence-corrected chi connectivity index (χ3v) is 2.72. The van der Waals surface area contributed by atoms with Crippen LogP contribution in [0.15, 0.2) is 6.07 Å². The molecule has 0 saturated heterocycles. The van der Waals surface area contributed by atoms with E-state index >= 15 is 0 Å². The van der Waals surface area contributed by atoms with Gasteiger partial charge >= 0.3 is 0 Å². The highest BCUT2D eigenvalue weighted by atomic mass is 127. The number of amides is 1. The van der Waals surface area contributed by atoms with Gasteiger partial charge in [-0.3, -0.25) is 4.79 Å². The number of halogens is 1. The van der Waals surface area contributed by atoms with Crippen molar-refractivity contribution in [2.75, 3.05) is 5.73 Å². The lowest BCUT2D eigenvalue weighted by atomic mass is 10.3. The number of anilines is 1. The first kappa shape index (κ1) is 7.80. The van der Waals surface area contributed by atoms with Crippen molar-refractivity contribution in [3.63, 3.8) is 0 Å². The summed E-state index contributed by atoms with van der Waals surface area (Å²) in [7, 11) is 0. The molecule has 5 heteroatoms. The van der Waals surface area contributed by atoms with Crippen LogP contribution in [0, 0.1) is 2.88 Å². The summed E-state index contributed by atoms with van der Waals surface area (Å²) < 4.78 is 0.976. The highest BCUT2D eigenvalue weighted by molar-refractivity contribution is 14.1. The maximum absolute atomic E-state index is 10.6. The molecule has 0 bridgehead atoms. The van der Waals surface area contributed by atoms with Crippen LogP contribution < -0.4 is 11.5 Å². The van der Waals surface area contributed by atoms with Crippen LogP contribution in [0.3, 0.4) is 0 Å². The minimum atomic E-state index is -0.461. The fourth-order valence-electron chi connectivity index (χ4n) is 0.567. The summed E-state index contributed by atoms with van der Waals surface area (Å²) in [4.78, 5) is 10.6. The average Bonchev–Trinajstić information content (AvgIpc) is 2.10. The minimum Gasteiger partial charge on any atom is -0.390 e. The van der Waals surface area contributed by atoms with Crippen LogP contribution in [0.4, 0.5) is 5.00 Å². The van der Waals surface area contributed by atoms with Crippen LogP contribution in [0.2, 0.25) is 0 Å². The van der Waals surface area contributed by atoms with Crippen molar-refractivity contribution in [3.05, 3.63) is 14.5 Å². The fourth-order valence-corrected chi connectivity index (χ4v) is 2.25. The lowest BCUT2D eigenvalue weighted by Crippen LogP contribution is -2.11. The van der Waals surface area contributed by atoms with E-state index in [2.05, 4.69) is 22.6 Å². The molecular formula is C5H5IN2OS. The maximum Gasteiger partial charge on any atom is 0.251 e. The topological polar surface area (TPSA) is 69.1 Å². The van der Waals surface area contributed by atoms with Gasteiger partial charge in [0.2, 0.25) is 0 Å². The number of carbonyl (C=O) groups excluding carboxylic acids is 1. The van der Waals surface area contributed by atoms with E-state index in [4.69, 9.17) is 11.5 Å². The van der Waals surface area contributed by atoms with E-state index in [1.165, 1.54) is 11.3 Å². The van der Waals surface area contributed by atoms with Gasteiger partial charge in [-0.25, -0.2) is 0 Å². The Morgan fingerprint density at radius 1 is 1.70 bits per heavy atom. The van der Waals surface area contributed by atoms with Gasteiger partial charge in [0.15, 0.2) is 0 Å². The van der Waals surface area contributed by atoms with Crippen molar-refractivity contribution in [3.8, 4) is 0 Å². The number of primary amides is 1. The van der Waals surface area contributed by atoms with E-state index in [9.17, 15) is 4.79 Å². The van der Waals surface area contributed by atoms with Crippen LogP contribution in [0.5, 0.6) is 0 Å². The van der Waals surface area contributed by atoms with Crippen molar-refractivity contribution in [2.45, 2.75) is 0 Å². The van der Waals surface area contributed by atoms with Gasteiger partial charge in [-0.1, -0.05) is 0 Å². The summed E-state index contributed by atoms with van der Waals surface area (Å²) in [6.07, 6.45) is 0. The van der Waals surface area contributed by atoms with Crippen LogP contribution in [0.25, 0.3) is 0 Å². The molecule has 0 aliphatic heterocycles. The van der Waals surface area contributed by atoms with Crippen LogP contribution in [-0.2, 0) is 0 Å². The Balaban J connectivity index is 3.15. The van der Waals surface area contributed by atoms with Gasteiger partial charge in [-0.05, 0) is 28.7 Å². The number of hydrogen-bond donors (Lipinski definition) is 2. The van der Waals surface area contributed by atoms with E-state index in [0.717, 1.165) is 2.88 Å². The number of hydrogen-bond acceptors (Lipinski definition) is 3. The zero-order valence-electron chi connectivity index (χ0n) is 4.93. The van der Waals surface area contributed by atoms with Crippen LogP contribution >= 0.6 is 33.9 Å². The number of rotatable bonds is 1. The van der Waals surface area contributed by atoms with Crippen molar-refractivity contribution >= 4 is 44.8 Å². The van der Waals surface area contributed by atoms with E-state index in [0.29, 0.717) is 10.6 Å². The maximum atomic E-state index is 10.6. The first-order valence-corrected chi connectivity index (χ1v) is 4.35. The molecule has 4 N–H and O–H groups in total. The quantitative estimate of drug-likeness (QED) is 0.747. The Labute approximate surface area is 75.5 Å². The Morgan fingerprint density at radius 3 is 2.50 bits per heavy atom. The molecule has 0 fully saturated rings. The summed E-state index contributed by atoms with van der Waals surface area (Å²) in [6, 6.07) is 1.68. The number of nitrogens with two attached hydrogens (primary N) is 2. The lowest BCUT2D eigenvalue weighted by molar-refractivity contribution is 0.100. The lowest BCUT2D eigenvalue weighted by Gasteiger charge is -1.87. The van der Waals surface area contributed by atoms with E-state index < -0.39 is 5.91 Å². The Bertz CT molecular complexity index is 271. The van der Waals surface area contributed by atoms with E-state index in [-0.39, 0.29) is 0 Å². The Morgan fingerprint density at radius 2 is 2.30 bits per heavy atom. The molecule has 3 nitrogen and oxygen atoms in total. The third-order valence-electron chi connectivity index (χ3n) is 0.996. The van der Waals surface area contributed by atoms with Crippen molar-refractivity contribution in [1.29, 1.82) is 0 Å². The molecular weight excluding hydrogens is 263 g/mol. The summed E-state index contributed by atoms with van der Waals surface area (Å²) in [5.74, 6) is -0.461. The Kier molecular flexibility index (Phi) is 2.14.